The molecule has 3 heterocycles. The molecule has 2 nitrogen and oxygen atoms in total. The zero-order valence-corrected chi connectivity index (χ0v) is 22.7. The highest BCUT2D eigenvalue weighted by atomic mass is 31.1. The van der Waals surface area contributed by atoms with Crippen molar-refractivity contribution in [2.24, 2.45) is 5.92 Å². The van der Waals surface area contributed by atoms with Gasteiger partial charge in [-0.1, -0.05) is 75.7 Å². The molecule has 3 aliphatic heterocycles. The normalized spacial score (nSPS) is 41.0. The van der Waals surface area contributed by atoms with E-state index in [0.717, 1.165) is 47.1 Å². The molecule has 36 heavy (non-hydrogen) atoms. The van der Waals surface area contributed by atoms with E-state index in [1.807, 2.05) is 0 Å². The smallest absolute Gasteiger partial charge is 0.0427 e. The van der Waals surface area contributed by atoms with Crippen molar-refractivity contribution < 1.29 is 0 Å². The first-order valence-electron chi connectivity index (χ1n) is 15.0. The van der Waals surface area contributed by atoms with Crippen LogP contribution in [0.1, 0.15) is 76.7 Å². The summed E-state index contributed by atoms with van der Waals surface area (Å²) in [4.78, 5) is 6.10. The Morgan fingerprint density at radius 2 is 1.28 bits per heavy atom. The second kappa shape index (κ2) is 8.62. The van der Waals surface area contributed by atoms with Gasteiger partial charge in [0.25, 0.3) is 0 Å². The lowest BCUT2D eigenvalue weighted by atomic mass is 9.77. The molecule has 3 aliphatic carbocycles. The van der Waals surface area contributed by atoms with Crippen LogP contribution in [0.2, 0.25) is 0 Å². The predicted molar refractivity (Wildman–Crippen MR) is 153 cm³/mol. The van der Waals surface area contributed by atoms with Gasteiger partial charge in [0.05, 0.1) is 0 Å². The molecule has 0 radical (unpaired) electrons. The van der Waals surface area contributed by atoms with Crippen molar-refractivity contribution in [3.05, 3.63) is 71.9 Å². The molecule has 9 unspecified atom stereocenters. The lowest BCUT2D eigenvalue weighted by molar-refractivity contribution is 0.0932. The van der Waals surface area contributed by atoms with Gasteiger partial charge in [0.15, 0.2) is 0 Å². The van der Waals surface area contributed by atoms with E-state index in [1.54, 1.807) is 11.3 Å². The number of anilines is 1. The van der Waals surface area contributed by atoms with Crippen LogP contribution in [0.5, 0.6) is 0 Å². The van der Waals surface area contributed by atoms with Gasteiger partial charge in [-0.05, 0) is 75.1 Å². The third-order valence-electron chi connectivity index (χ3n) is 11.1. The van der Waals surface area contributed by atoms with Crippen LogP contribution in [0.15, 0.2) is 66.4 Å². The standard InChI is InChI=1S/C33H41N2P/c1-22-31(23-12-4-2-5-13-23)25-16-10-21-30-32(25)34(22)27-18-11-19-28-33(27)36(30)29-20-9-8-17-26(29)35(28)24-14-6-3-7-15-24/h2-7,12-15,25-30,32-33H,8-11,16-21H2,1H3. The summed E-state index contributed by atoms with van der Waals surface area (Å²) >= 11 is 0. The highest BCUT2D eigenvalue weighted by Gasteiger charge is 2.63. The number of para-hydroxylation sites is 1. The Bertz CT molecular complexity index is 1140. The van der Waals surface area contributed by atoms with Gasteiger partial charge in [-0.3, -0.25) is 0 Å². The molecule has 8 rings (SSSR count). The fourth-order valence-electron chi connectivity index (χ4n) is 10.1. The van der Waals surface area contributed by atoms with Crippen LogP contribution < -0.4 is 4.90 Å². The molecule has 2 saturated heterocycles. The molecular formula is C33H41N2P. The molecule has 0 N–H and O–H groups in total. The van der Waals surface area contributed by atoms with Crippen molar-refractivity contribution >= 4 is 19.2 Å². The summed E-state index contributed by atoms with van der Waals surface area (Å²) in [6, 6.07) is 26.3. The second-order valence-corrected chi connectivity index (χ2v) is 15.4. The maximum Gasteiger partial charge on any atom is 0.0427 e. The van der Waals surface area contributed by atoms with Crippen molar-refractivity contribution in [3.8, 4) is 0 Å². The van der Waals surface area contributed by atoms with Crippen molar-refractivity contribution in [3.63, 3.8) is 0 Å². The van der Waals surface area contributed by atoms with Gasteiger partial charge in [0.1, 0.15) is 0 Å². The molecule has 6 aliphatic rings. The van der Waals surface area contributed by atoms with Gasteiger partial charge < -0.3 is 9.80 Å². The molecule has 2 aromatic rings. The zero-order chi connectivity index (χ0) is 23.8. The van der Waals surface area contributed by atoms with Crippen LogP contribution in [0.4, 0.5) is 5.69 Å². The third-order valence-corrected chi connectivity index (χ3v) is 15.2. The summed E-state index contributed by atoms with van der Waals surface area (Å²) in [6.45, 7) is 2.51. The second-order valence-electron chi connectivity index (χ2n) is 12.5. The SMILES string of the molecule is CC1=C(c2ccccc2)C2CCCC3C2N1C1CCCC2C1P3C1CCCCC1N2c1ccccc1. The third kappa shape index (κ3) is 3.06. The summed E-state index contributed by atoms with van der Waals surface area (Å²) in [7, 11) is 0.0584. The summed E-state index contributed by atoms with van der Waals surface area (Å²) in [5.41, 5.74) is 9.24. The fraction of sp³-hybridized carbons (Fsp3) is 0.576. The van der Waals surface area contributed by atoms with E-state index in [1.165, 1.54) is 75.5 Å². The van der Waals surface area contributed by atoms with E-state index < -0.39 is 0 Å². The van der Waals surface area contributed by atoms with Gasteiger partial charge in [0, 0.05) is 58.4 Å². The van der Waals surface area contributed by atoms with Crippen LogP contribution in [0, 0.1) is 5.92 Å². The fourth-order valence-corrected chi connectivity index (χ4v) is 15.2. The molecule has 0 spiro atoms. The van der Waals surface area contributed by atoms with Gasteiger partial charge in [-0.25, -0.2) is 0 Å². The molecule has 0 amide bonds. The Balaban J connectivity index is 1.28. The van der Waals surface area contributed by atoms with Crippen molar-refractivity contribution in [1.82, 2.24) is 4.90 Å². The van der Waals surface area contributed by atoms with Gasteiger partial charge >= 0.3 is 0 Å². The van der Waals surface area contributed by atoms with Crippen LogP contribution >= 0.6 is 7.92 Å². The summed E-state index contributed by atoms with van der Waals surface area (Å²) < 4.78 is 0. The average molecular weight is 497 g/mol. The first-order valence-corrected chi connectivity index (χ1v) is 16.5. The summed E-state index contributed by atoms with van der Waals surface area (Å²) in [5.74, 6) is 0.768. The lowest BCUT2D eigenvalue weighted by Gasteiger charge is -2.68. The molecule has 9 atom stereocenters. The van der Waals surface area contributed by atoms with Gasteiger partial charge in [-0.2, -0.15) is 0 Å². The Morgan fingerprint density at radius 3 is 2.08 bits per heavy atom. The maximum absolute atomic E-state index is 3.08. The Morgan fingerprint density at radius 1 is 0.639 bits per heavy atom. The molecule has 0 bridgehead atoms. The van der Waals surface area contributed by atoms with Crippen LogP contribution in [0.25, 0.3) is 5.57 Å². The number of fused-ring (bicyclic) bond motifs is 4. The average Bonchev–Trinajstić information content (AvgIpc) is 3.24. The molecule has 3 saturated carbocycles. The summed E-state index contributed by atoms with van der Waals surface area (Å²) in [5, 5.41) is 0. The van der Waals surface area contributed by atoms with E-state index in [0.29, 0.717) is 0 Å². The lowest BCUT2D eigenvalue weighted by Crippen LogP contribution is -2.70. The van der Waals surface area contributed by atoms with Crippen LogP contribution in [-0.4, -0.2) is 46.0 Å². The molecule has 2 aromatic carbocycles. The minimum Gasteiger partial charge on any atom is -0.367 e. The number of benzene rings is 2. The number of rotatable bonds is 2. The largest absolute Gasteiger partial charge is 0.367 e. The zero-order valence-electron chi connectivity index (χ0n) is 21.8. The molecule has 3 heteroatoms. The van der Waals surface area contributed by atoms with Crippen molar-refractivity contribution in [1.29, 1.82) is 0 Å². The molecule has 0 aromatic heterocycles. The summed E-state index contributed by atoms with van der Waals surface area (Å²) in [6.07, 6.45) is 14.5. The van der Waals surface area contributed by atoms with E-state index in [9.17, 15) is 0 Å². The van der Waals surface area contributed by atoms with Gasteiger partial charge in [0.2, 0.25) is 0 Å². The molecule has 188 valence electrons. The predicted octanol–water partition coefficient (Wildman–Crippen LogP) is 7.89. The minimum absolute atomic E-state index is 0.0584. The number of nitrogens with zero attached hydrogens (tertiary/aromatic N) is 2. The molecule has 5 fully saturated rings. The minimum atomic E-state index is 0.0584. The number of allylic oxidation sites excluding steroid dienone is 1. The highest BCUT2D eigenvalue weighted by molar-refractivity contribution is 7.60. The quantitative estimate of drug-likeness (QED) is 0.390. The maximum atomic E-state index is 3.08. The number of hydrogen-bond donors (Lipinski definition) is 0. The highest BCUT2D eigenvalue weighted by Crippen LogP contribution is 2.72. The van der Waals surface area contributed by atoms with Crippen molar-refractivity contribution in [2.75, 3.05) is 4.90 Å². The monoisotopic (exact) mass is 496 g/mol. The Labute approximate surface area is 218 Å². The Kier molecular flexibility index (Phi) is 5.32. The molecular weight excluding hydrogens is 455 g/mol. The van der Waals surface area contributed by atoms with E-state index in [4.69, 9.17) is 0 Å². The van der Waals surface area contributed by atoms with E-state index in [2.05, 4.69) is 77.4 Å². The van der Waals surface area contributed by atoms with Crippen LogP contribution in [-0.2, 0) is 0 Å². The van der Waals surface area contributed by atoms with Crippen LogP contribution in [0.3, 0.4) is 0 Å². The number of hydrogen-bond acceptors (Lipinski definition) is 2. The first kappa shape index (κ1) is 22.2. The van der Waals surface area contributed by atoms with Gasteiger partial charge in [-0.15, -0.1) is 0 Å². The first-order chi connectivity index (χ1) is 17.8. The Hall–Kier alpha value is -1.79. The van der Waals surface area contributed by atoms with E-state index in [-0.39, 0.29) is 7.92 Å². The topological polar surface area (TPSA) is 6.48 Å². The van der Waals surface area contributed by atoms with Crippen molar-refractivity contribution in [2.45, 2.75) is 112 Å². The van der Waals surface area contributed by atoms with E-state index >= 15 is 0 Å².